The van der Waals surface area contributed by atoms with Crippen molar-refractivity contribution in [3.05, 3.63) is 71.3 Å². The lowest BCUT2D eigenvalue weighted by Crippen LogP contribution is -2.60. The first-order valence-corrected chi connectivity index (χ1v) is 10.7. The molecule has 0 bridgehead atoms. The topological polar surface area (TPSA) is 72.9 Å². The first-order chi connectivity index (χ1) is 14.7. The van der Waals surface area contributed by atoms with E-state index >= 15 is 0 Å². The zero-order valence-electron chi connectivity index (χ0n) is 17.2. The molecule has 2 amide bonds. The van der Waals surface area contributed by atoms with Gasteiger partial charge in [-0.1, -0.05) is 54.6 Å². The molecule has 1 saturated heterocycles. The van der Waals surface area contributed by atoms with Gasteiger partial charge in [0.25, 0.3) is 0 Å². The van der Waals surface area contributed by atoms with Crippen LogP contribution in [0.4, 0.5) is 0 Å². The number of aliphatic hydroxyl groups is 1. The molecular weight excluding hydrogens is 378 g/mol. The van der Waals surface area contributed by atoms with Gasteiger partial charge in [0, 0.05) is 32.2 Å². The maximum absolute atomic E-state index is 13.1. The van der Waals surface area contributed by atoms with E-state index < -0.39 is 6.04 Å². The average Bonchev–Trinajstić information content (AvgIpc) is 3.19. The number of amides is 2. The van der Waals surface area contributed by atoms with Crippen molar-refractivity contribution >= 4 is 11.8 Å². The SMILES string of the molecule is O=C1NCCN(C2Cc3ccccc3C2)[C@H]1CC(=O)N(CCO)Cc1ccccc1. The molecule has 2 aliphatic rings. The van der Waals surface area contributed by atoms with Crippen molar-refractivity contribution in [1.82, 2.24) is 15.1 Å². The van der Waals surface area contributed by atoms with E-state index in [9.17, 15) is 14.7 Å². The number of rotatable bonds is 7. The Bertz CT molecular complexity index is 861. The molecule has 2 aromatic rings. The lowest BCUT2D eigenvalue weighted by Gasteiger charge is -2.39. The molecule has 158 valence electrons. The first-order valence-electron chi connectivity index (χ1n) is 10.7. The van der Waals surface area contributed by atoms with Gasteiger partial charge in [-0.2, -0.15) is 0 Å². The maximum atomic E-state index is 13.1. The number of aliphatic hydroxyl groups excluding tert-OH is 1. The van der Waals surface area contributed by atoms with Crippen LogP contribution in [0.25, 0.3) is 0 Å². The lowest BCUT2D eigenvalue weighted by molar-refractivity contribution is -0.140. The van der Waals surface area contributed by atoms with Gasteiger partial charge in [0.15, 0.2) is 0 Å². The van der Waals surface area contributed by atoms with Crippen LogP contribution in [0.3, 0.4) is 0 Å². The van der Waals surface area contributed by atoms with Crippen molar-refractivity contribution in [2.24, 2.45) is 0 Å². The van der Waals surface area contributed by atoms with Crippen LogP contribution in [0.15, 0.2) is 54.6 Å². The summed E-state index contributed by atoms with van der Waals surface area (Å²) in [4.78, 5) is 29.7. The van der Waals surface area contributed by atoms with Crippen molar-refractivity contribution in [1.29, 1.82) is 0 Å². The van der Waals surface area contributed by atoms with Gasteiger partial charge in [-0.15, -0.1) is 0 Å². The second-order valence-corrected chi connectivity index (χ2v) is 8.10. The van der Waals surface area contributed by atoms with Crippen LogP contribution in [0.1, 0.15) is 23.1 Å². The maximum Gasteiger partial charge on any atom is 0.237 e. The van der Waals surface area contributed by atoms with Gasteiger partial charge in [-0.25, -0.2) is 0 Å². The van der Waals surface area contributed by atoms with Crippen molar-refractivity contribution in [2.75, 3.05) is 26.2 Å². The van der Waals surface area contributed by atoms with Crippen LogP contribution >= 0.6 is 0 Å². The predicted octanol–water partition coefficient (Wildman–Crippen LogP) is 1.37. The van der Waals surface area contributed by atoms with Gasteiger partial charge in [-0.05, 0) is 29.5 Å². The molecule has 0 unspecified atom stereocenters. The number of hydrogen-bond donors (Lipinski definition) is 2. The molecule has 1 aliphatic heterocycles. The molecule has 1 fully saturated rings. The smallest absolute Gasteiger partial charge is 0.237 e. The normalized spacial score (nSPS) is 19.4. The standard InChI is InChI=1S/C24H29N3O3/c28-13-12-26(17-18-6-2-1-3-7-18)23(29)16-22-24(30)25-10-11-27(22)21-14-19-8-4-5-9-20(19)15-21/h1-9,21-22,28H,10-17H2,(H,25,30)/t22-/m0/s1. The van der Waals surface area contributed by atoms with Crippen LogP contribution < -0.4 is 5.32 Å². The van der Waals surface area contributed by atoms with Gasteiger partial charge in [0.05, 0.1) is 19.1 Å². The third kappa shape index (κ3) is 4.55. The molecule has 30 heavy (non-hydrogen) atoms. The summed E-state index contributed by atoms with van der Waals surface area (Å²) >= 11 is 0. The van der Waals surface area contributed by atoms with Gasteiger partial charge < -0.3 is 15.3 Å². The summed E-state index contributed by atoms with van der Waals surface area (Å²) < 4.78 is 0. The minimum atomic E-state index is -0.470. The quantitative estimate of drug-likeness (QED) is 0.727. The number of carbonyl (C=O) groups excluding carboxylic acids is 2. The summed E-state index contributed by atoms with van der Waals surface area (Å²) in [5.41, 5.74) is 3.68. The van der Waals surface area contributed by atoms with Gasteiger partial charge in [0.1, 0.15) is 0 Å². The minimum Gasteiger partial charge on any atom is -0.395 e. The average molecular weight is 408 g/mol. The Labute approximate surface area is 177 Å². The number of nitrogens with one attached hydrogen (secondary N) is 1. The van der Waals surface area contributed by atoms with E-state index in [4.69, 9.17) is 0 Å². The molecule has 1 heterocycles. The fraction of sp³-hybridized carbons (Fsp3) is 0.417. The molecule has 0 saturated carbocycles. The first kappa shape index (κ1) is 20.6. The number of nitrogens with zero attached hydrogens (tertiary/aromatic N) is 2. The van der Waals surface area contributed by atoms with Crippen LogP contribution in [-0.4, -0.2) is 65.0 Å². The molecule has 1 aliphatic carbocycles. The molecule has 6 heteroatoms. The number of carbonyl (C=O) groups is 2. The molecular formula is C24H29N3O3. The molecule has 0 spiro atoms. The van der Waals surface area contributed by atoms with E-state index in [1.807, 2.05) is 30.3 Å². The molecule has 6 nitrogen and oxygen atoms in total. The van der Waals surface area contributed by atoms with E-state index in [2.05, 4.69) is 34.5 Å². The Kier molecular flexibility index (Phi) is 6.45. The van der Waals surface area contributed by atoms with Crippen molar-refractivity contribution in [3.63, 3.8) is 0 Å². The van der Waals surface area contributed by atoms with Crippen LogP contribution in [0, 0.1) is 0 Å². The fourth-order valence-electron chi connectivity index (χ4n) is 4.66. The van der Waals surface area contributed by atoms with Crippen LogP contribution in [-0.2, 0) is 29.0 Å². The predicted molar refractivity (Wildman–Crippen MR) is 115 cm³/mol. The molecule has 0 radical (unpaired) electrons. The van der Waals surface area contributed by atoms with E-state index in [-0.39, 0.29) is 37.4 Å². The Morgan fingerprint density at radius 1 is 1.07 bits per heavy atom. The van der Waals surface area contributed by atoms with Crippen LogP contribution in [0.5, 0.6) is 0 Å². The van der Waals surface area contributed by atoms with E-state index in [0.29, 0.717) is 13.1 Å². The zero-order valence-corrected chi connectivity index (χ0v) is 17.2. The third-order valence-corrected chi connectivity index (χ3v) is 6.18. The lowest BCUT2D eigenvalue weighted by atomic mass is 10.0. The monoisotopic (exact) mass is 407 g/mol. The Morgan fingerprint density at radius 3 is 2.40 bits per heavy atom. The summed E-state index contributed by atoms with van der Waals surface area (Å²) in [7, 11) is 0. The van der Waals surface area contributed by atoms with Gasteiger partial charge >= 0.3 is 0 Å². The fourth-order valence-corrected chi connectivity index (χ4v) is 4.66. The highest BCUT2D eigenvalue weighted by Gasteiger charge is 2.38. The number of hydrogen-bond acceptors (Lipinski definition) is 4. The molecule has 4 rings (SSSR count). The number of fused-ring (bicyclic) bond motifs is 1. The number of piperazine rings is 1. The molecule has 2 aromatic carbocycles. The Hall–Kier alpha value is -2.70. The van der Waals surface area contributed by atoms with Gasteiger partial charge in [0.2, 0.25) is 11.8 Å². The summed E-state index contributed by atoms with van der Waals surface area (Å²) in [6.07, 6.45) is 1.96. The third-order valence-electron chi connectivity index (χ3n) is 6.18. The largest absolute Gasteiger partial charge is 0.395 e. The molecule has 1 atom stereocenters. The Balaban J connectivity index is 1.47. The van der Waals surface area contributed by atoms with Crippen LogP contribution in [0.2, 0.25) is 0 Å². The van der Waals surface area contributed by atoms with E-state index in [0.717, 1.165) is 24.9 Å². The molecule has 2 N–H and O–H groups in total. The summed E-state index contributed by atoms with van der Waals surface area (Å²) in [6, 6.07) is 17.9. The summed E-state index contributed by atoms with van der Waals surface area (Å²) in [6.45, 7) is 1.96. The highest BCUT2D eigenvalue weighted by Crippen LogP contribution is 2.28. The highest BCUT2D eigenvalue weighted by molar-refractivity contribution is 5.89. The second-order valence-electron chi connectivity index (χ2n) is 8.10. The van der Waals surface area contributed by atoms with Crippen molar-refractivity contribution < 1.29 is 14.7 Å². The highest BCUT2D eigenvalue weighted by atomic mass is 16.3. The zero-order chi connectivity index (χ0) is 20.9. The second kappa shape index (κ2) is 9.41. The Morgan fingerprint density at radius 2 is 1.73 bits per heavy atom. The summed E-state index contributed by atoms with van der Waals surface area (Å²) in [5.74, 6) is -0.176. The van der Waals surface area contributed by atoms with Crippen molar-refractivity contribution in [3.8, 4) is 0 Å². The minimum absolute atomic E-state index is 0.0748. The van der Waals surface area contributed by atoms with E-state index in [1.165, 1.54) is 11.1 Å². The van der Waals surface area contributed by atoms with Gasteiger partial charge in [-0.3, -0.25) is 14.5 Å². The van der Waals surface area contributed by atoms with E-state index in [1.54, 1.807) is 4.90 Å². The summed E-state index contributed by atoms with van der Waals surface area (Å²) in [5, 5.41) is 12.4. The molecule has 0 aromatic heterocycles. The number of benzene rings is 2. The van der Waals surface area contributed by atoms with Crippen molar-refractivity contribution in [2.45, 2.75) is 37.9 Å².